The highest BCUT2D eigenvalue weighted by Gasteiger charge is 2.28. The average molecular weight is 420 g/mol. The Hall–Kier alpha value is -3.43. The fourth-order valence-electron chi connectivity index (χ4n) is 2.39. The van der Waals surface area contributed by atoms with Gasteiger partial charge in [-0.25, -0.2) is 4.79 Å². The van der Waals surface area contributed by atoms with E-state index in [4.69, 9.17) is 9.84 Å². The van der Waals surface area contributed by atoms with Crippen molar-refractivity contribution in [2.75, 3.05) is 0 Å². The van der Waals surface area contributed by atoms with E-state index in [1.54, 1.807) is 38.1 Å². The molecule has 10 heteroatoms. The lowest BCUT2D eigenvalue weighted by Crippen LogP contribution is -2.55. The minimum atomic E-state index is -1.33. The van der Waals surface area contributed by atoms with Crippen LogP contribution in [0.15, 0.2) is 30.3 Å². The second-order valence-electron chi connectivity index (χ2n) is 6.93. The van der Waals surface area contributed by atoms with Gasteiger partial charge in [-0.05, 0) is 18.4 Å². The number of aliphatic carboxylic acids is 1. The number of benzene rings is 1. The molecule has 0 unspecified atom stereocenters. The molecule has 3 amide bonds. The number of carbonyl (C=O) groups excluding carboxylic acids is 4. The predicted octanol–water partition coefficient (Wildman–Crippen LogP) is 0.511. The molecule has 0 aliphatic rings. The van der Waals surface area contributed by atoms with Crippen LogP contribution in [-0.2, 0) is 30.5 Å². The zero-order valence-corrected chi connectivity index (χ0v) is 17.0. The van der Waals surface area contributed by atoms with E-state index in [2.05, 4.69) is 16.0 Å². The Morgan fingerprint density at radius 3 is 2.17 bits per heavy atom. The van der Waals surface area contributed by atoms with Crippen LogP contribution in [-0.4, -0.2) is 53.4 Å². The molecule has 4 N–H and O–H groups in total. The van der Waals surface area contributed by atoms with E-state index in [9.17, 15) is 24.0 Å². The normalized spacial score (nSPS) is 13.5. The summed E-state index contributed by atoms with van der Waals surface area (Å²) in [6.07, 6.45) is 0.00250. The summed E-state index contributed by atoms with van der Waals surface area (Å²) in [6.45, 7) is 4.81. The van der Waals surface area contributed by atoms with Crippen LogP contribution in [0, 0.1) is 5.92 Å². The second-order valence-corrected chi connectivity index (χ2v) is 6.93. The monoisotopic (exact) mass is 420 g/mol. The maximum absolute atomic E-state index is 12.5. The van der Waals surface area contributed by atoms with Crippen molar-refractivity contribution in [3.63, 3.8) is 0 Å². The van der Waals surface area contributed by atoms with Gasteiger partial charge in [0.1, 0.15) is 24.7 Å². The van der Waals surface area contributed by atoms with Gasteiger partial charge in [0.25, 0.3) is 0 Å². The number of hydrogen-bond donors (Lipinski definition) is 4. The van der Waals surface area contributed by atoms with Crippen LogP contribution in [0.3, 0.4) is 0 Å². The van der Waals surface area contributed by atoms with E-state index >= 15 is 0 Å². The molecule has 163 valence electrons. The van der Waals surface area contributed by atoms with Gasteiger partial charge in [-0.15, -0.1) is 0 Å². The summed E-state index contributed by atoms with van der Waals surface area (Å²) in [5.41, 5.74) is 0.784. The van der Waals surface area contributed by atoms with Gasteiger partial charge in [0, 0.05) is 0 Å². The minimum Gasteiger partial charge on any atom is -0.481 e. The van der Waals surface area contributed by atoms with E-state index in [-0.39, 0.29) is 12.5 Å². The number of nitrogens with one attached hydrogen (secondary N) is 3. The van der Waals surface area contributed by atoms with Crippen LogP contribution in [0.4, 0.5) is 4.79 Å². The highest BCUT2D eigenvalue weighted by molar-refractivity contribution is 5.92. The van der Waals surface area contributed by atoms with E-state index in [0.29, 0.717) is 0 Å². The van der Waals surface area contributed by atoms with Crippen LogP contribution >= 0.6 is 0 Å². The van der Waals surface area contributed by atoms with E-state index in [1.807, 2.05) is 6.07 Å². The molecule has 1 rings (SSSR count). The Bertz CT molecular complexity index is 752. The topological polar surface area (TPSA) is 151 Å². The molecule has 0 saturated carbocycles. The van der Waals surface area contributed by atoms with Crippen molar-refractivity contribution in [2.45, 2.75) is 51.9 Å². The molecule has 3 atom stereocenters. The van der Waals surface area contributed by atoms with Crippen molar-refractivity contribution in [1.29, 1.82) is 0 Å². The number of carboxylic acids is 1. The number of rotatable bonds is 11. The first-order valence-electron chi connectivity index (χ1n) is 9.31. The maximum Gasteiger partial charge on any atom is 0.408 e. The van der Waals surface area contributed by atoms with Crippen LogP contribution in [0.5, 0.6) is 0 Å². The lowest BCUT2D eigenvalue weighted by Gasteiger charge is -2.24. The van der Waals surface area contributed by atoms with Crippen molar-refractivity contribution in [3.8, 4) is 0 Å². The zero-order chi connectivity index (χ0) is 22.7. The fraction of sp³-hybridized carbons (Fsp3) is 0.450. The fourth-order valence-corrected chi connectivity index (χ4v) is 2.39. The second kappa shape index (κ2) is 12.2. The van der Waals surface area contributed by atoms with E-state index < -0.39 is 48.4 Å². The van der Waals surface area contributed by atoms with Gasteiger partial charge >= 0.3 is 12.1 Å². The summed E-state index contributed by atoms with van der Waals surface area (Å²) >= 11 is 0. The molecular formula is C20H26N3O7. The number of ether oxygens (including phenoxy) is 1. The van der Waals surface area contributed by atoms with Gasteiger partial charge in [0.2, 0.25) is 18.1 Å². The Kier molecular flexibility index (Phi) is 10.0. The van der Waals surface area contributed by atoms with Crippen LogP contribution in [0.25, 0.3) is 0 Å². The van der Waals surface area contributed by atoms with E-state index in [1.165, 1.54) is 13.2 Å². The van der Waals surface area contributed by atoms with Gasteiger partial charge < -0.3 is 25.8 Å². The van der Waals surface area contributed by atoms with Crippen molar-refractivity contribution < 1.29 is 33.8 Å². The van der Waals surface area contributed by atoms with Crippen LogP contribution < -0.4 is 16.0 Å². The first kappa shape index (κ1) is 24.6. The molecule has 1 radical (unpaired) electrons. The Labute approximate surface area is 174 Å². The third-order valence-corrected chi connectivity index (χ3v) is 4.02. The van der Waals surface area contributed by atoms with E-state index in [0.717, 1.165) is 5.56 Å². The van der Waals surface area contributed by atoms with Gasteiger partial charge in [-0.1, -0.05) is 44.2 Å². The van der Waals surface area contributed by atoms with Gasteiger partial charge in [0.15, 0.2) is 0 Å². The zero-order valence-electron chi connectivity index (χ0n) is 17.0. The quantitative estimate of drug-likeness (QED) is 0.407. The Morgan fingerprint density at radius 2 is 1.63 bits per heavy atom. The van der Waals surface area contributed by atoms with Gasteiger partial charge in [-0.2, -0.15) is 0 Å². The molecule has 0 aromatic heterocycles. The highest BCUT2D eigenvalue weighted by atomic mass is 16.5. The van der Waals surface area contributed by atoms with Crippen molar-refractivity contribution in [3.05, 3.63) is 35.9 Å². The average Bonchev–Trinajstić information content (AvgIpc) is 2.69. The van der Waals surface area contributed by atoms with Crippen molar-refractivity contribution in [1.82, 2.24) is 16.0 Å². The molecule has 10 nitrogen and oxygen atoms in total. The first-order valence-corrected chi connectivity index (χ1v) is 9.31. The van der Waals surface area contributed by atoms with Crippen molar-refractivity contribution >= 4 is 30.2 Å². The smallest absolute Gasteiger partial charge is 0.408 e. The molecule has 0 bridgehead atoms. The molecular weight excluding hydrogens is 394 g/mol. The number of hydrogen-bond acceptors (Lipinski definition) is 6. The standard InChI is InChI=1S/C20H26N3O7/c1-12(2)17(23-20(29)30-11-14-7-5-4-6-8-14)19(28)21-13(3)18(27)22-15(10-24)9-16(25)26/h4-8,12-13,15,17H,9,11H2,1-3H3,(H,21,28)(H,22,27)(H,23,29)(H,25,26)/t13-,15-,17-/m0/s1. The lowest BCUT2D eigenvalue weighted by molar-refractivity contribution is -0.137. The molecule has 0 spiro atoms. The predicted molar refractivity (Wildman–Crippen MR) is 106 cm³/mol. The van der Waals surface area contributed by atoms with Crippen LogP contribution in [0.2, 0.25) is 0 Å². The lowest BCUT2D eigenvalue weighted by atomic mass is 10.0. The molecule has 0 fully saturated rings. The Morgan fingerprint density at radius 1 is 1.00 bits per heavy atom. The highest BCUT2D eigenvalue weighted by Crippen LogP contribution is 2.05. The molecule has 0 saturated heterocycles. The molecule has 0 aliphatic heterocycles. The summed E-state index contributed by atoms with van der Waals surface area (Å²) in [7, 11) is 0. The van der Waals surface area contributed by atoms with Crippen LogP contribution in [0.1, 0.15) is 32.8 Å². The minimum absolute atomic E-state index is 0.0328. The Balaban J connectivity index is 2.60. The van der Waals surface area contributed by atoms with Crippen molar-refractivity contribution in [2.24, 2.45) is 5.92 Å². The first-order chi connectivity index (χ1) is 14.1. The summed E-state index contributed by atoms with van der Waals surface area (Å²) < 4.78 is 5.11. The number of carbonyl (C=O) groups is 4. The molecule has 0 aliphatic carbocycles. The van der Waals surface area contributed by atoms with Gasteiger partial charge in [0.05, 0.1) is 6.42 Å². The van der Waals surface area contributed by atoms with Gasteiger partial charge in [-0.3, -0.25) is 19.2 Å². The summed E-state index contributed by atoms with van der Waals surface area (Å²) in [5.74, 6) is -2.98. The molecule has 1 aromatic carbocycles. The summed E-state index contributed by atoms with van der Waals surface area (Å²) in [5, 5.41) is 15.8. The SMILES string of the molecule is CC(C)[C@H](NC(=O)OCc1ccccc1)C(=O)N[C@@H](C)C(=O)N[C@H]([C]=O)CC(=O)O. The number of carboxylic acid groups (broad SMARTS) is 1. The molecule has 30 heavy (non-hydrogen) atoms. The third kappa shape index (κ3) is 8.72. The molecule has 1 aromatic rings. The molecule has 0 heterocycles. The number of alkyl carbamates (subject to hydrolysis) is 1. The summed E-state index contributed by atoms with van der Waals surface area (Å²) in [6, 6.07) is 5.62. The number of amides is 3. The largest absolute Gasteiger partial charge is 0.481 e. The summed E-state index contributed by atoms with van der Waals surface area (Å²) in [4.78, 5) is 58.1. The third-order valence-electron chi connectivity index (χ3n) is 4.02. The maximum atomic E-state index is 12.5.